The predicted molar refractivity (Wildman–Crippen MR) is 127 cm³/mol. The van der Waals surface area contributed by atoms with Gasteiger partial charge in [-0.25, -0.2) is 9.48 Å². The number of esters is 1. The standard InChI is InChI=1S/C25H28N4O5/c1-3-33-22-9-6-5-8-20(22)24(31)26-16-7-10-23(30)27-18-11-13-19(14-12-18)29-17-15-21(28-29)25(32)34-4-2/h5-6,8-9,11-15,17H,3-4,7,10,16H2,1-2H3,(H,26,31)(H,27,30). The molecule has 0 atom stereocenters. The summed E-state index contributed by atoms with van der Waals surface area (Å²) in [5.74, 6) is -0.319. The Labute approximate surface area is 198 Å². The Morgan fingerprint density at radius 1 is 0.971 bits per heavy atom. The summed E-state index contributed by atoms with van der Waals surface area (Å²) in [5.41, 5.74) is 2.08. The van der Waals surface area contributed by atoms with Crippen molar-refractivity contribution in [1.29, 1.82) is 0 Å². The van der Waals surface area contributed by atoms with Crippen molar-refractivity contribution in [2.24, 2.45) is 0 Å². The van der Waals surface area contributed by atoms with Gasteiger partial charge in [0.05, 0.1) is 24.5 Å². The summed E-state index contributed by atoms with van der Waals surface area (Å²) >= 11 is 0. The lowest BCUT2D eigenvalue weighted by Crippen LogP contribution is -2.26. The molecule has 0 aliphatic carbocycles. The van der Waals surface area contributed by atoms with Crippen molar-refractivity contribution in [3.63, 3.8) is 0 Å². The molecule has 0 unspecified atom stereocenters. The molecule has 0 radical (unpaired) electrons. The van der Waals surface area contributed by atoms with Gasteiger partial charge < -0.3 is 20.1 Å². The number of benzene rings is 2. The molecule has 3 aromatic rings. The van der Waals surface area contributed by atoms with Gasteiger partial charge in [-0.05, 0) is 62.7 Å². The number of carbonyl (C=O) groups is 3. The second-order valence-electron chi connectivity index (χ2n) is 7.25. The van der Waals surface area contributed by atoms with Crippen molar-refractivity contribution >= 4 is 23.5 Å². The van der Waals surface area contributed by atoms with Crippen LogP contribution < -0.4 is 15.4 Å². The Morgan fingerprint density at radius 3 is 2.47 bits per heavy atom. The molecule has 1 aromatic heterocycles. The summed E-state index contributed by atoms with van der Waals surface area (Å²) in [5, 5.41) is 9.85. The minimum atomic E-state index is -0.472. The molecule has 2 N–H and O–H groups in total. The molecule has 0 aliphatic rings. The first kappa shape index (κ1) is 24.5. The zero-order valence-electron chi connectivity index (χ0n) is 19.2. The van der Waals surface area contributed by atoms with Crippen LogP contribution in [0, 0.1) is 0 Å². The first-order valence-electron chi connectivity index (χ1n) is 11.1. The van der Waals surface area contributed by atoms with Gasteiger partial charge in [0.15, 0.2) is 5.69 Å². The number of nitrogens with one attached hydrogen (secondary N) is 2. The highest BCUT2D eigenvalue weighted by molar-refractivity contribution is 5.97. The minimum absolute atomic E-state index is 0.152. The van der Waals surface area contributed by atoms with Gasteiger partial charge in [-0.1, -0.05) is 12.1 Å². The lowest BCUT2D eigenvalue weighted by molar-refractivity contribution is -0.116. The molecule has 0 saturated heterocycles. The third-order valence-electron chi connectivity index (χ3n) is 4.79. The van der Waals surface area contributed by atoms with E-state index in [0.29, 0.717) is 36.6 Å². The Bertz CT molecular complexity index is 1120. The number of rotatable bonds is 11. The molecular formula is C25H28N4O5. The van der Waals surface area contributed by atoms with Crippen LogP contribution in [0.15, 0.2) is 60.8 Å². The van der Waals surface area contributed by atoms with Crippen LogP contribution in [0.25, 0.3) is 5.69 Å². The molecular weight excluding hydrogens is 436 g/mol. The second-order valence-corrected chi connectivity index (χ2v) is 7.25. The molecule has 178 valence electrons. The molecule has 1 heterocycles. The molecule has 0 bridgehead atoms. The SMILES string of the molecule is CCOC(=O)c1ccn(-c2ccc(NC(=O)CCCNC(=O)c3ccccc3OCC)cc2)n1. The molecule has 0 aliphatic heterocycles. The molecule has 0 saturated carbocycles. The van der Waals surface area contributed by atoms with E-state index in [-0.39, 0.29) is 30.5 Å². The van der Waals surface area contributed by atoms with E-state index in [1.807, 2.05) is 13.0 Å². The van der Waals surface area contributed by atoms with Gasteiger partial charge in [0, 0.05) is 24.8 Å². The van der Waals surface area contributed by atoms with Gasteiger partial charge in [0.1, 0.15) is 5.75 Å². The first-order valence-corrected chi connectivity index (χ1v) is 11.1. The van der Waals surface area contributed by atoms with Crippen molar-refractivity contribution in [2.45, 2.75) is 26.7 Å². The topological polar surface area (TPSA) is 112 Å². The molecule has 3 rings (SSSR count). The van der Waals surface area contributed by atoms with E-state index in [1.165, 1.54) is 0 Å². The van der Waals surface area contributed by atoms with Crippen molar-refractivity contribution in [1.82, 2.24) is 15.1 Å². The summed E-state index contributed by atoms with van der Waals surface area (Å²) in [7, 11) is 0. The van der Waals surface area contributed by atoms with Gasteiger partial charge in [-0.2, -0.15) is 5.10 Å². The summed E-state index contributed by atoms with van der Waals surface area (Å²) < 4.78 is 12.0. The fourth-order valence-corrected chi connectivity index (χ4v) is 3.18. The highest BCUT2D eigenvalue weighted by Crippen LogP contribution is 2.18. The summed E-state index contributed by atoms with van der Waals surface area (Å²) in [6.45, 7) is 4.73. The van der Waals surface area contributed by atoms with Gasteiger partial charge in [-0.3, -0.25) is 9.59 Å². The number of para-hydroxylation sites is 1. The molecule has 2 amide bonds. The molecule has 9 nitrogen and oxygen atoms in total. The van der Waals surface area contributed by atoms with Crippen LogP contribution in [-0.2, 0) is 9.53 Å². The van der Waals surface area contributed by atoms with Crippen LogP contribution in [0.2, 0.25) is 0 Å². The Morgan fingerprint density at radius 2 is 1.74 bits per heavy atom. The number of amides is 2. The average Bonchev–Trinajstić information content (AvgIpc) is 3.33. The van der Waals surface area contributed by atoms with E-state index in [1.54, 1.807) is 66.3 Å². The Kier molecular flexibility index (Phi) is 8.79. The quantitative estimate of drug-likeness (QED) is 0.331. The van der Waals surface area contributed by atoms with Crippen molar-refractivity contribution in [2.75, 3.05) is 25.1 Å². The van der Waals surface area contributed by atoms with Crippen molar-refractivity contribution in [3.05, 3.63) is 72.1 Å². The molecule has 0 fully saturated rings. The summed E-state index contributed by atoms with van der Waals surface area (Å²) in [6.07, 6.45) is 2.43. The number of hydrogen-bond donors (Lipinski definition) is 2. The highest BCUT2D eigenvalue weighted by atomic mass is 16.5. The number of carbonyl (C=O) groups excluding carboxylic acids is 3. The third-order valence-corrected chi connectivity index (χ3v) is 4.79. The fourth-order valence-electron chi connectivity index (χ4n) is 3.18. The first-order chi connectivity index (χ1) is 16.5. The van der Waals surface area contributed by atoms with Gasteiger partial charge in [0.2, 0.25) is 5.91 Å². The maximum absolute atomic E-state index is 12.4. The van der Waals surface area contributed by atoms with E-state index in [2.05, 4.69) is 15.7 Å². The molecule has 0 spiro atoms. The third kappa shape index (κ3) is 6.68. The van der Waals surface area contributed by atoms with Crippen LogP contribution in [0.4, 0.5) is 5.69 Å². The molecule has 9 heteroatoms. The number of nitrogens with zero attached hydrogens (tertiary/aromatic N) is 2. The predicted octanol–water partition coefficient (Wildman–Crippen LogP) is 3.60. The smallest absolute Gasteiger partial charge is 0.358 e. The average molecular weight is 465 g/mol. The zero-order valence-corrected chi connectivity index (χ0v) is 19.2. The lowest BCUT2D eigenvalue weighted by Gasteiger charge is -2.10. The largest absolute Gasteiger partial charge is 0.493 e. The molecule has 2 aromatic carbocycles. The van der Waals surface area contributed by atoms with E-state index < -0.39 is 5.97 Å². The van der Waals surface area contributed by atoms with Gasteiger partial charge >= 0.3 is 5.97 Å². The Hall–Kier alpha value is -4.14. The zero-order chi connectivity index (χ0) is 24.3. The highest BCUT2D eigenvalue weighted by Gasteiger charge is 2.12. The fraction of sp³-hybridized carbons (Fsp3) is 0.280. The number of hydrogen-bond acceptors (Lipinski definition) is 6. The van der Waals surface area contributed by atoms with Crippen LogP contribution in [0.5, 0.6) is 5.75 Å². The second kappa shape index (κ2) is 12.2. The monoisotopic (exact) mass is 464 g/mol. The van der Waals surface area contributed by atoms with Crippen LogP contribution in [-0.4, -0.2) is 47.3 Å². The van der Waals surface area contributed by atoms with E-state index in [9.17, 15) is 14.4 Å². The number of anilines is 1. The lowest BCUT2D eigenvalue weighted by atomic mass is 10.2. The summed E-state index contributed by atoms with van der Waals surface area (Å²) in [6, 6.07) is 15.7. The van der Waals surface area contributed by atoms with Gasteiger partial charge in [-0.15, -0.1) is 0 Å². The Balaban J connectivity index is 1.44. The minimum Gasteiger partial charge on any atom is -0.493 e. The maximum Gasteiger partial charge on any atom is 0.358 e. The maximum atomic E-state index is 12.4. The van der Waals surface area contributed by atoms with E-state index >= 15 is 0 Å². The van der Waals surface area contributed by atoms with Crippen LogP contribution in [0.3, 0.4) is 0 Å². The number of aromatic nitrogens is 2. The summed E-state index contributed by atoms with van der Waals surface area (Å²) in [4.78, 5) is 36.4. The van der Waals surface area contributed by atoms with E-state index in [0.717, 1.165) is 5.69 Å². The van der Waals surface area contributed by atoms with Crippen molar-refractivity contribution < 1.29 is 23.9 Å². The van der Waals surface area contributed by atoms with Gasteiger partial charge in [0.25, 0.3) is 5.91 Å². The number of ether oxygens (including phenoxy) is 2. The van der Waals surface area contributed by atoms with Crippen LogP contribution in [0.1, 0.15) is 47.5 Å². The van der Waals surface area contributed by atoms with E-state index in [4.69, 9.17) is 9.47 Å². The molecule has 34 heavy (non-hydrogen) atoms. The van der Waals surface area contributed by atoms with Crippen LogP contribution >= 0.6 is 0 Å². The normalized spacial score (nSPS) is 10.4. The van der Waals surface area contributed by atoms with Crippen molar-refractivity contribution in [3.8, 4) is 11.4 Å².